The van der Waals surface area contributed by atoms with Gasteiger partial charge in [0.15, 0.2) is 5.78 Å². The van der Waals surface area contributed by atoms with Crippen LogP contribution in [-0.4, -0.2) is 30.6 Å². The van der Waals surface area contributed by atoms with E-state index in [-0.39, 0.29) is 5.78 Å². The summed E-state index contributed by atoms with van der Waals surface area (Å²) in [5.74, 6) is 0.873. The number of allylic oxidation sites excluding steroid dienone is 1. The monoisotopic (exact) mass is 415 g/mol. The van der Waals surface area contributed by atoms with Crippen molar-refractivity contribution in [3.63, 3.8) is 0 Å². The van der Waals surface area contributed by atoms with Crippen LogP contribution in [0.5, 0.6) is 0 Å². The van der Waals surface area contributed by atoms with Gasteiger partial charge in [0.2, 0.25) is 0 Å². The number of carbonyl (C=O) groups excluding carboxylic acids is 1. The lowest BCUT2D eigenvalue weighted by Gasteiger charge is -2.23. The lowest BCUT2D eigenvalue weighted by Crippen LogP contribution is -2.27. The van der Waals surface area contributed by atoms with Crippen LogP contribution < -0.4 is 4.90 Å². The molecule has 2 nitrogen and oxygen atoms in total. The van der Waals surface area contributed by atoms with Crippen molar-refractivity contribution in [1.82, 2.24) is 0 Å². The Kier molecular flexibility index (Phi) is 8.11. The molecule has 0 saturated heterocycles. The summed E-state index contributed by atoms with van der Waals surface area (Å²) in [7, 11) is 0. The largest absolute Gasteiger partial charge is 0.369 e. The second kappa shape index (κ2) is 10.1. The van der Waals surface area contributed by atoms with E-state index in [1.807, 2.05) is 18.2 Å². The fourth-order valence-electron chi connectivity index (χ4n) is 2.33. The number of rotatable bonds is 8. The molecule has 2 aromatic carbocycles. The molecule has 0 aliphatic carbocycles. The highest BCUT2D eigenvalue weighted by atomic mass is 35.5. The number of ketones is 1. The minimum absolute atomic E-state index is 0.107. The minimum Gasteiger partial charge on any atom is -0.369 e. The number of halogens is 4. The third-order valence-electron chi connectivity index (χ3n) is 3.58. The average molecular weight is 417 g/mol. The maximum Gasteiger partial charge on any atom is 0.185 e. The maximum atomic E-state index is 12.5. The van der Waals surface area contributed by atoms with E-state index in [0.717, 1.165) is 11.3 Å². The molecule has 0 aliphatic heterocycles. The van der Waals surface area contributed by atoms with Crippen molar-refractivity contribution in [2.75, 3.05) is 29.7 Å². The Labute approximate surface area is 167 Å². The molecule has 25 heavy (non-hydrogen) atoms. The summed E-state index contributed by atoms with van der Waals surface area (Å²) in [6.07, 6.45) is 3.19. The van der Waals surface area contributed by atoms with E-state index >= 15 is 0 Å². The summed E-state index contributed by atoms with van der Waals surface area (Å²) >= 11 is 23.7. The first kappa shape index (κ1) is 20.1. The standard InChI is InChI=1S/C19H17Cl4NO/c20-8-10-24(11-9-21)17-3-1-2-15(12-17)19(25)7-5-14-4-6-16(22)13-18(14)23/h1-7,12-13H,8-11H2/b7-5+. The molecule has 2 aromatic rings. The molecular weight excluding hydrogens is 400 g/mol. The van der Waals surface area contributed by atoms with Crippen LogP contribution in [0.1, 0.15) is 15.9 Å². The summed E-state index contributed by atoms with van der Waals surface area (Å²) < 4.78 is 0. The first-order chi connectivity index (χ1) is 12.0. The summed E-state index contributed by atoms with van der Waals surface area (Å²) in [6, 6.07) is 12.6. The Morgan fingerprint density at radius 3 is 2.36 bits per heavy atom. The van der Waals surface area contributed by atoms with Crippen molar-refractivity contribution >= 4 is 64.0 Å². The number of benzene rings is 2. The van der Waals surface area contributed by atoms with E-state index < -0.39 is 0 Å². The van der Waals surface area contributed by atoms with Crippen molar-refractivity contribution in [2.24, 2.45) is 0 Å². The molecule has 0 radical (unpaired) electrons. The predicted molar refractivity (Wildman–Crippen MR) is 110 cm³/mol. The van der Waals surface area contributed by atoms with Gasteiger partial charge in [0.25, 0.3) is 0 Å². The Morgan fingerprint density at radius 1 is 1.00 bits per heavy atom. The van der Waals surface area contributed by atoms with Crippen molar-refractivity contribution in [1.29, 1.82) is 0 Å². The fourth-order valence-corrected chi connectivity index (χ4v) is 3.21. The Hall–Kier alpha value is -1.19. The van der Waals surface area contributed by atoms with Crippen LogP contribution in [0.3, 0.4) is 0 Å². The lowest BCUT2D eigenvalue weighted by atomic mass is 10.1. The summed E-state index contributed by atoms with van der Waals surface area (Å²) in [4.78, 5) is 14.5. The van der Waals surface area contributed by atoms with Crippen LogP contribution in [0.2, 0.25) is 10.0 Å². The summed E-state index contributed by atoms with van der Waals surface area (Å²) in [6.45, 7) is 1.34. The van der Waals surface area contributed by atoms with Crippen molar-refractivity contribution < 1.29 is 4.79 Å². The zero-order chi connectivity index (χ0) is 18.2. The number of hydrogen-bond acceptors (Lipinski definition) is 2. The highest BCUT2D eigenvalue weighted by Crippen LogP contribution is 2.23. The number of anilines is 1. The normalized spacial score (nSPS) is 11.0. The summed E-state index contributed by atoms with van der Waals surface area (Å²) in [5, 5.41) is 1.06. The molecule has 6 heteroatoms. The van der Waals surface area contributed by atoms with Crippen LogP contribution in [-0.2, 0) is 0 Å². The van der Waals surface area contributed by atoms with Gasteiger partial charge in [-0.05, 0) is 42.0 Å². The van der Waals surface area contributed by atoms with Crippen molar-refractivity contribution in [3.05, 3.63) is 69.7 Å². The highest BCUT2D eigenvalue weighted by molar-refractivity contribution is 6.35. The average Bonchev–Trinajstić information content (AvgIpc) is 2.60. The Bertz CT molecular complexity index is 755. The molecule has 0 saturated carbocycles. The van der Waals surface area contributed by atoms with Crippen LogP contribution in [0.4, 0.5) is 5.69 Å². The molecule has 0 atom stereocenters. The molecule has 0 N–H and O–H groups in total. The van der Waals surface area contributed by atoms with Gasteiger partial charge in [-0.15, -0.1) is 23.2 Å². The van der Waals surface area contributed by atoms with E-state index in [4.69, 9.17) is 46.4 Å². The lowest BCUT2D eigenvalue weighted by molar-refractivity contribution is 0.104. The van der Waals surface area contributed by atoms with E-state index in [1.54, 1.807) is 30.3 Å². The zero-order valence-corrected chi connectivity index (χ0v) is 16.4. The van der Waals surface area contributed by atoms with Crippen molar-refractivity contribution in [3.8, 4) is 0 Å². The van der Waals surface area contributed by atoms with Gasteiger partial charge in [0.1, 0.15) is 0 Å². The second-order valence-corrected chi connectivity index (χ2v) is 6.88. The first-order valence-electron chi connectivity index (χ1n) is 7.69. The molecule has 0 amide bonds. The first-order valence-corrected chi connectivity index (χ1v) is 9.52. The number of nitrogens with zero attached hydrogens (tertiary/aromatic N) is 1. The van der Waals surface area contributed by atoms with Gasteiger partial charge in [-0.3, -0.25) is 4.79 Å². The molecule has 0 aliphatic rings. The Morgan fingerprint density at radius 2 is 1.72 bits per heavy atom. The van der Waals surface area contributed by atoms with Crippen LogP contribution in [0.15, 0.2) is 48.5 Å². The molecule has 0 fully saturated rings. The molecule has 0 bridgehead atoms. The smallest absolute Gasteiger partial charge is 0.185 e. The zero-order valence-electron chi connectivity index (χ0n) is 13.4. The molecule has 2 rings (SSSR count). The topological polar surface area (TPSA) is 20.3 Å². The quantitative estimate of drug-likeness (QED) is 0.291. The van der Waals surface area contributed by atoms with Gasteiger partial charge >= 0.3 is 0 Å². The third kappa shape index (κ3) is 5.93. The third-order valence-corrected chi connectivity index (χ3v) is 4.48. The molecule has 0 unspecified atom stereocenters. The van der Waals surface area contributed by atoms with Gasteiger partial charge in [-0.2, -0.15) is 0 Å². The molecular formula is C19H17Cl4NO. The second-order valence-electron chi connectivity index (χ2n) is 5.28. The van der Waals surface area contributed by atoms with Crippen LogP contribution >= 0.6 is 46.4 Å². The van der Waals surface area contributed by atoms with E-state index in [2.05, 4.69) is 4.90 Å². The van der Waals surface area contributed by atoms with Gasteiger partial charge < -0.3 is 4.90 Å². The maximum absolute atomic E-state index is 12.5. The minimum atomic E-state index is -0.107. The fraction of sp³-hybridized carbons (Fsp3) is 0.211. The van der Waals surface area contributed by atoms with Gasteiger partial charge in [-0.25, -0.2) is 0 Å². The Balaban J connectivity index is 2.19. The van der Waals surface area contributed by atoms with Gasteiger partial charge in [0, 0.05) is 46.1 Å². The summed E-state index contributed by atoms with van der Waals surface area (Å²) in [5.41, 5.74) is 2.25. The van der Waals surface area contributed by atoms with Crippen LogP contribution in [0, 0.1) is 0 Å². The number of carbonyl (C=O) groups is 1. The molecule has 0 heterocycles. The highest BCUT2D eigenvalue weighted by Gasteiger charge is 2.09. The van der Waals surface area contributed by atoms with Gasteiger partial charge in [0.05, 0.1) is 0 Å². The van der Waals surface area contributed by atoms with Gasteiger partial charge in [-0.1, -0.05) is 41.4 Å². The van der Waals surface area contributed by atoms with Crippen molar-refractivity contribution in [2.45, 2.75) is 0 Å². The predicted octanol–water partition coefficient (Wildman–Crippen LogP) is 6.17. The van der Waals surface area contributed by atoms with E-state index in [9.17, 15) is 4.79 Å². The molecule has 0 spiro atoms. The van der Waals surface area contributed by atoms with Crippen LogP contribution in [0.25, 0.3) is 6.08 Å². The van der Waals surface area contributed by atoms with E-state index in [1.165, 1.54) is 6.08 Å². The SMILES string of the molecule is O=C(/C=C/c1ccc(Cl)cc1Cl)c1cccc(N(CCCl)CCCl)c1. The molecule has 132 valence electrons. The number of hydrogen-bond donors (Lipinski definition) is 0. The van der Waals surface area contributed by atoms with E-state index in [0.29, 0.717) is 40.5 Å². The number of alkyl halides is 2. The molecule has 0 aromatic heterocycles.